The molecule has 0 amide bonds. The molecule has 0 unspecified atom stereocenters. The average molecular weight is 197 g/mol. The van der Waals surface area contributed by atoms with Crippen LogP contribution in [0.1, 0.15) is 51.4 Å². The zero-order valence-corrected chi connectivity index (χ0v) is 9.99. The summed E-state index contributed by atoms with van der Waals surface area (Å²) >= 11 is 0. The standard InChI is InChI=1S/C10H17.ClH.Mg/c1-2-6-10-8-4-3-7-9(10)5-1;;/h9H,1-8H2;1H;/q-1;;+2/p-1. The Bertz CT molecular complexity index is 90.4. The van der Waals surface area contributed by atoms with Crippen LogP contribution < -0.4 is 12.4 Å². The zero-order valence-electron chi connectivity index (χ0n) is 7.82. The van der Waals surface area contributed by atoms with E-state index in [1.165, 1.54) is 51.4 Å². The first-order valence-corrected chi connectivity index (χ1v) is 4.81. The fraction of sp³-hybridized carbons (Fsp3) is 0.900. The first-order chi connectivity index (χ1) is 4.97. The Morgan fingerprint density at radius 2 is 1.33 bits per heavy atom. The van der Waals surface area contributed by atoms with Gasteiger partial charge >= 0.3 is 23.1 Å². The molecule has 2 aliphatic carbocycles. The molecule has 2 fully saturated rings. The fourth-order valence-corrected chi connectivity index (χ4v) is 2.57. The SMILES string of the molecule is C1CCC2CCCC[C-]2C1.[Cl-].[Mg+2]. The molecule has 0 saturated heterocycles. The van der Waals surface area contributed by atoms with Crippen molar-refractivity contribution in [1.29, 1.82) is 0 Å². The van der Waals surface area contributed by atoms with Crippen LogP contribution in [0.2, 0.25) is 0 Å². The third-order valence-corrected chi connectivity index (χ3v) is 3.18. The number of fused-ring (bicyclic) bond motifs is 1. The molecule has 12 heavy (non-hydrogen) atoms. The molecule has 2 saturated carbocycles. The number of hydrogen-bond donors (Lipinski definition) is 0. The Hall–Kier alpha value is 1.06. The van der Waals surface area contributed by atoms with Gasteiger partial charge in [0.05, 0.1) is 0 Å². The van der Waals surface area contributed by atoms with Gasteiger partial charge in [0.1, 0.15) is 0 Å². The van der Waals surface area contributed by atoms with Gasteiger partial charge in [-0.25, -0.2) is 0 Å². The molecule has 2 heteroatoms. The zero-order chi connectivity index (χ0) is 6.81. The van der Waals surface area contributed by atoms with E-state index in [0.29, 0.717) is 0 Å². The molecule has 0 radical (unpaired) electrons. The first-order valence-electron chi connectivity index (χ1n) is 4.81. The van der Waals surface area contributed by atoms with E-state index >= 15 is 0 Å². The smallest absolute Gasteiger partial charge is 1.00 e. The summed E-state index contributed by atoms with van der Waals surface area (Å²) in [5.74, 6) is 3.00. The molecule has 0 bridgehead atoms. The predicted molar refractivity (Wildman–Crippen MR) is 49.4 cm³/mol. The molecule has 0 N–H and O–H groups in total. The Balaban J connectivity index is 0.000000605. The van der Waals surface area contributed by atoms with Crippen molar-refractivity contribution in [1.82, 2.24) is 0 Å². The van der Waals surface area contributed by atoms with Crippen molar-refractivity contribution in [2.24, 2.45) is 5.92 Å². The van der Waals surface area contributed by atoms with E-state index in [1.54, 1.807) is 0 Å². The third-order valence-electron chi connectivity index (χ3n) is 3.18. The molecule has 2 aliphatic rings. The van der Waals surface area contributed by atoms with Gasteiger partial charge in [0.25, 0.3) is 0 Å². The van der Waals surface area contributed by atoms with Crippen LogP contribution in [0.25, 0.3) is 0 Å². The summed E-state index contributed by atoms with van der Waals surface area (Å²) in [7, 11) is 0. The Labute approximate surface area is 98.4 Å². The summed E-state index contributed by atoms with van der Waals surface area (Å²) in [5, 5.41) is 0. The summed E-state index contributed by atoms with van der Waals surface area (Å²) in [6.45, 7) is 0. The molecule has 0 heterocycles. The molecule has 2 rings (SSSR count). The first kappa shape index (κ1) is 13.1. The van der Waals surface area contributed by atoms with Crippen LogP contribution in [0.4, 0.5) is 0 Å². The molecule has 0 aliphatic heterocycles. The van der Waals surface area contributed by atoms with Crippen molar-refractivity contribution < 1.29 is 12.4 Å². The maximum Gasteiger partial charge on any atom is 2.00 e. The van der Waals surface area contributed by atoms with Crippen molar-refractivity contribution in [2.45, 2.75) is 51.4 Å². The van der Waals surface area contributed by atoms with Crippen molar-refractivity contribution in [2.75, 3.05) is 0 Å². The van der Waals surface area contributed by atoms with Crippen LogP contribution in [0.15, 0.2) is 0 Å². The van der Waals surface area contributed by atoms with E-state index < -0.39 is 0 Å². The number of halogens is 1. The topological polar surface area (TPSA) is 0 Å². The summed E-state index contributed by atoms with van der Waals surface area (Å²) < 4.78 is 0. The van der Waals surface area contributed by atoms with Crippen LogP contribution >= 0.6 is 0 Å². The monoisotopic (exact) mass is 196 g/mol. The van der Waals surface area contributed by atoms with Crippen LogP contribution in [-0.4, -0.2) is 23.1 Å². The minimum atomic E-state index is 0. The van der Waals surface area contributed by atoms with E-state index in [4.69, 9.17) is 0 Å². The Morgan fingerprint density at radius 1 is 0.833 bits per heavy atom. The summed E-state index contributed by atoms with van der Waals surface area (Å²) in [6, 6.07) is 0. The number of rotatable bonds is 0. The average Bonchev–Trinajstić information content (AvgIpc) is 2.05. The molecule has 0 nitrogen and oxygen atoms in total. The molecule has 0 aromatic heterocycles. The van der Waals surface area contributed by atoms with Gasteiger partial charge in [0, 0.05) is 0 Å². The van der Waals surface area contributed by atoms with Crippen molar-refractivity contribution in [3.63, 3.8) is 0 Å². The maximum atomic E-state index is 1.93. The normalized spacial score (nSPS) is 25.0. The van der Waals surface area contributed by atoms with Gasteiger partial charge in [0.15, 0.2) is 0 Å². The van der Waals surface area contributed by atoms with Crippen molar-refractivity contribution >= 4 is 23.1 Å². The van der Waals surface area contributed by atoms with Gasteiger partial charge in [-0.2, -0.15) is 18.8 Å². The van der Waals surface area contributed by atoms with Crippen molar-refractivity contribution in [3.8, 4) is 0 Å². The van der Waals surface area contributed by atoms with Gasteiger partial charge in [-0.15, -0.1) is 0 Å². The Kier molecular flexibility index (Phi) is 7.07. The Morgan fingerprint density at radius 3 is 1.75 bits per heavy atom. The molecule has 0 aromatic carbocycles. The third kappa shape index (κ3) is 3.08. The van der Waals surface area contributed by atoms with E-state index in [1.807, 2.05) is 5.92 Å². The quantitative estimate of drug-likeness (QED) is 0.377. The molecule has 0 atom stereocenters. The molecular weight excluding hydrogens is 180 g/mol. The fourth-order valence-electron chi connectivity index (χ4n) is 2.57. The van der Waals surface area contributed by atoms with Crippen LogP contribution in [0, 0.1) is 11.8 Å². The van der Waals surface area contributed by atoms with Crippen LogP contribution in [-0.2, 0) is 0 Å². The van der Waals surface area contributed by atoms with E-state index in [9.17, 15) is 0 Å². The maximum absolute atomic E-state index is 1.93. The largest absolute Gasteiger partial charge is 2.00 e. The second-order valence-corrected chi connectivity index (χ2v) is 3.85. The number of hydrogen-bond acceptors (Lipinski definition) is 0. The minimum absolute atomic E-state index is 0. The second-order valence-electron chi connectivity index (χ2n) is 3.85. The van der Waals surface area contributed by atoms with E-state index in [2.05, 4.69) is 0 Å². The predicted octanol–water partition coefficient (Wildman–Crippen LogP) is -0.0517. The van der Waals surface area contributed by atoms with Gasteiger partial charge in [0.2, 0.25) is 0 Å². The molecular formula is C10H17ClMg. The van der Waals surface area contributed by atoms with Gasteiger partial charge < -0.3 is 18.3 Å². The molecule has 66 valence electrons. The van der Waals surface area contributed by atoms with Crippen molar-refractivity contribution in [3.05, 3.63) is 5.92 Å². The minimum Gasteiger partial charge on any atom is -1.00 e. The summed E-state index contributed by atoms with van der Waals surface area (Å²) in [4.78, 5) is 0. The molecule has 0 spiro atoms. The van der Waals surface area contributed by atoms with Gasteiger partial charge in [-0.1, -0.05) is 38.5 Å². The van der Waals surface area contributed by atoms with Crippen LogP contribution in [0.3, 0.4) is 0 Å². The summed E-state index contributed by atoms with van der Waals surface area (Å²) in [6.07, 6.45) is 12.0. The van der Waals surface area contributed by atoms with Gasteiger partial charge in [-0.05, 0) is 0 Å². The second kappa shape index (κ2) is 6.50. The summed E-state index contributed by atoms with van der Waals surface area (Å²) in [5.41, 5.74) is 0. The van der Waals surface area contributed by atoms with E-state index in [0.717, 1.165) is 5.92 Å². The van der Waals surface area contributed by atoms with Crippen LogP contribution in [0.5, 0.6) is 0 Å². The van der Waals surface area contributed by atoms with E-state index in [-0.39, 0.29) is 35.5 Å². The van der Waals surface area contributed by atoms with Gasteiger partial charge in [-0.3, -0.25) is 0 Å². The molecule has 0 aromatic rings.